The van der Waals surface area contributed by atoms with Crippen molar-refractivity contribution >= 4 is 35.2 Å². The Labute approximate surface area is 183 Å². The van der Waals surface area contributed by atoms with Crippen LogP contribution in [0.1, 0.15) is 38.3 Å². The molecule has 29 heavy (non-hydrogen) atoms. The first-order valence-corrected chi connectivity index (χ1v) is 11.2. The predicted octanol–water partition coefficient (Wildman–Crippen LogP) is 5.07. The van der Waals surface area contributed by atoms with Crippen LogP contribution in [0.15, 0.2) is 53.4 Å². The molecule has 2 amide bonds. The fraction of sp³-hybridized carbons (Fsp3) is 0.391. The largest absolute Gasteiger partial charge is 0.352 e. The molecule has 0 aromatic heterocycles. The zero-order chi connectivity index (χ0) is 21.4. The number of thioether (sulfide) groups is 1. The molecule has 2 aromatic rings. The second kappa shape index (κ2) is 11.3. The molecule has 156 valence electrons. The molecule has 0 unspecified atom stereocenters. The number of nitrogens with one attached hydrogen (secondary N) is 1. The summed E-state index contributed by atoms with van der Waals surface area (Å²) < 4.78 is 0. The number of aryl methyl sites for hydroxylation is 1. The lowest BCUT2D eigenvalue weighted by Crippen LogP contribution is -2.50. The third-order valence-electron chi connectivity index (χ3n) is 4.85. The van der Waals surface area contributed by atoms with E-state index in [-0.39, 0.29) is 23.6 Å². The van der Waals surface area contributed by atoms with Gasteiger partial charge in [0.15, 0.2) is 0 Å². The Bertz CT molecular complexity index is 826. The highest BCUT2D eigenvalue weighted by molar-refractivity contribution is 8.00. The maximum absolute atomic E-state index is 13.1. The number of carbonyl (C=O) groups is 2. The maximum atomic E-state index is 13.1. The minimum atomic E-state index is -0.591. The fourth-order valence-corrected chi connectivity index (χ4v) is 3.70. The van der Waals surface area contributed by atoms with Crippen molar-refractivity contribution in [1.29, 1.82) is 0 Å². The molecule has 0 aliphatic heterocycles. The smallest absolute Gasteiger partial charge is 0.242 e. The Morgan fingerprint density at radius 1 is 1.10 bits per heavy atom. The van der Waals surface area contributed by atoms with E-state index in [9.17, 15) is 9.59 Å². The lowest BCUT2D eigenvalue weighted by atomic mass is 10.1. The van der Waals surface area contributed by atoms with Crippen LogP contribution in [0.2, 0.25) is 5.02 Å². The van der Waals surface area contributed by atoms with E-state index in [1.54, 1.807) is 17.9 Å². The summed E-state index contributed by atoms with van der Waals surface area (Å²) in [5.41, 5.74) is 2.00. The summed E-state index contributed by atoms with van der Waals surface area (Å²) in [6.07, 6.45) is 0.834. The first-order chi connectivity index (χ1) is 13.8. The van der Waals surface area contributed by atoms with Crippen LogP contribution in [-0.2, 0) is 16.1 Å². The Balaban J connectivity index is 2.15. The van der Waals surface area contributed by atoms with Crippen molar-refractivity contribution in [3.8, 4) is 0 Å². The van der Waals surface area contributed by atoms with E-state index in [1.165, 1.54) is 17.3 Å². The molecule has 2 atom stereocenters. The molecule has 2 rings (SSSR count). The van der Waals surface area contributed by atoms with E-state index < -0.39 is 6.04 Å². The molecule has 4 nitrogen and oxygen atoms in total. The normalized spacial score (nSPS) is 12.9. The number of hydrogen-bond acceptors (Lipinski definition) is 3. The lowest BCUT2D eigenvalue weighted by molar-refractivity contribution is -0.138. The van der Waals surface area contributed by atoms with Crippen molar-refractivity contribution in [3.63, 3.8) is 0 Å². The van der Waals surface area contributed by atoms with Crippen LogP contribution in [0.4, 0.5) is 0 Å². The standard InChI is InChI=1S/C23H29ClN2O2S/c1-5-17(3)25-23(28)18(4)26(14-19-8-6-7-9-21(19)24)22(27)15-29-20-12-10-16(2)11-13-20/h6-13,17-18H,5,14-15H2,1-4H3,(H,25,28)/t17-,18+/m0/s1. The van der Waals surface area contributed by atoms with Crippen LogP contribution in [0.5, 0.6) is 0 Å². The molecule has 0 aliphatic carbocycles. The van der Waals surface area contributed by atoms with Gasteiger partial charge in [-0.1, -0.05) is 54.4 Å². The van der Waals surface area contributed by atoms with Crippen molar-refractivity contribution < 1.29 is 9.59 Å². The van der Waals surface area contributed by atoms with E-state index in [2.05, 4.69) is 5.32 Å². The third kappa shape index (κ3) is 7.09. The molecule has 2 aromatic carbocycles. The van der Waals surface area contributed by atoms with Crippen LogP contribution in [0, 0.1) is 6.92 Å². The summed E-state index contributed by atoms with van der Waals surface area (Å²) in [6.45, 7) is 8.06. The van der Waals surface area contributed by atoms with E-state index in [0.29, 0.717) is 11.6 Å². The average molecular weight is 433 g/mol. The van der Waals surface area contributed by atoms with Crippen LogP contribution in [0.3, 0.4) is 0 Å². The Kier molecular flexibility index (Phi) is 9.05. The highest BCUT2D eigenvalue weighted by Crippen LogP contribution is 2.22. The topological polar surface area (TPSA) is 49.4 Å². The highest BCUT2D eigenvalue weighted by atomic mass is 35.5. The number of benzene rings is 2. The van der Waals surface area contributed by atoms with Gasteiger partial charge in [-0.3, -0.25) is 9.59 Å². The van der Waals surface area contributed by atoms with Gasteiger partial charge in [0, 0.05) is 22.5 Å². The van der Waals surface area contributed by atoms with Crippen LogP contribution < -0.4 is 5.32 Å². The minimum absolute atomic E-state index is 0.0594. The molecule has 0 radical (unpaired) electrons. The number of rotatable bonds is 9. The minimum Gasteiger partial charge on any atom is -0.352 e. The molecule has 0 bridgehead atoms. The molecule has 0 heterocycles. The first kappa shape index (κ1) is 23.3. The number of halogens is 1. The number of amides is 2. The summed E-state index contributed by atoms with van der Waals surface area (Å²) in [6, 6.07) is 14.9. The predicted molar refractivity (Wildman–Crippen MR) is 121 cm³/mol. The second-order valence-electron chi connectivity index (χ2n) is 7.21. The molecule has 1 N–H and O–H groups in total. The van der Waals surface area contributed by atoms with Crippen molar-refractivity contribution in [2.75, 3.05) is 5.75 Å². The molecular formula is C23H29ClN2O2S. The van der Waals surface area contributed by atoms with Gasteiger partial charge >= 0.3 is 0 Å². The zero-order valence-electron chi connectivity index (χ0n) is 17.4. The average Bonchev–Trinajstić information content (AvgIpc) is 2.71. The summed E-state index contributed by atoms with van der Waals surface area (Å²) in [5.74, 6) is 0.0106. The van der Waals surface area contributed by atoms with Crippen molar-refractivity contribution in [3.05, 3.63) is 64.7 Å². The van der Waals surface area contributed by atoms with Gasteiger partial charge in [0.1, 0.15) is 6.04 Å². The van der Waals surface area contributed by atoms with Crippen LogP contribution >= 0.6 is 23.4 Å². The molecule has 0 spiro atoms. The van der Waals surface area contributed by atoms with E-state index in [4.69, 9.17) is 11.6 Å². The third-order valence-corrected chi connectivity index (χ3v) is 6.22. The van der Waals surface area contributed by atoms with Crippen LogP contribution in [-0.4, -0.2) is 34.6 Å². The fourth-order valence-electron chi connectivity index (χ4n) is 2.72. The molecule has 0 saturated heterocycles. The Hall–Kier alpha value is -1.98. The van der Waals surface area contributed by atoms with E-state index >= 15 is 0 Å². The van der Waals surface area contributed by atoms with E-state index in [1.807, 2.05) is 63.2 Å². The summed E-state index contributed by atoms with van der Waals surface area (Å²) >= 11 is 7.78. The monoisotopic (exact) mass is 432 g/mol. The maximum Gasteiger partial charge on any atom is 0.242 e. The molecule has 0 saturated carbocycles. The van der Waals surface area contributed by atoms with Gasteiger partial charge in [-0.05, 0) is 51.0 Å². The van der Waals surface area contributed by atoms with Crippen molar-refractivity contribution in [2.45, 2.75) is 57.6 Å². The number of hydrogen-bond donors (Lipinski definition) is 1. The van der Waals surface area contributed by atoms with Crippen molar-refractivity contribution in [1.82, 2.24) is 10.2 Å². The quantitative estimate of drug-likeness (QED) is 0.562. The summed E-state index contributed by atoms with van der Waals surface area (Å²) in [4.78, 5) is 28.4. The van der Waals surface area contributed by atoms with Crippen molar-refractivity contribution in [2.24, 2.45) is 0 Å². The molecule has 0 aliphatic rings. The Morgan fingerprint density at radius 2 is 1.76 bits per heavy atom. The van der Waals surface area contributed by atoms with Gasteiger partial charge in [0.2, 0.25) is 11.8 Å². The van der Waals surface area contributed by atoms with Gasteiger partial charge in [-0.2, -0.15) is 0 Å². The number of nitrogens with zero attached hydrogens (tertiary/aromatic N) is 1. The molecule has 6 heteroatoms. The lowest BCUT2D eigenvalue weighted by Gasteiger charge is -2.30. The van der Waals surface area contributed by atoms with Gasteiger partial charge in [0.05, 0.1) is 5.75 Å². The van der Waals surface area contributed by atoms with Gasteiger partial charge < -0.3 is 10.2 Å². The zero-order valence-corrected chi connectivity index (χ0v) is 19.0. The number of carbonyl (C=O) groups excluding carboxylic acids is 2. The molecule has 0 fully saturated rings. The van der Waals surface area contributed by atoms with Gasteiger partial charge in [-0.15, -0.1) is 11.8 Å². The molecular weight excluding hydrogens is 404 g/mol. The summed E-state index contributed by atoms with van der Waals surface area (Å²) in [7, 11) is 0. The van der Waals surface area contributed by atoms with E-state index in [0.717, 1.165) is 16.9 Å². The van der Waals surface area contributed by atoms with Gasteiger partial charge in [0.25, 0.3) is 0 Å². The highest BCUT2D eigenvalue weighted by Gasteiger charge is 2.27. The van der Waals surface area contributed by atoms with Crippen LogP contribution in [0.25, 0.3) is 0 Å². The summed E-state index contributed by atoms with van der Waals surface area (Å²) in [5, 5.41) is 3.56. The SMILES string of the molecule is CC[C@H](C)NC(=O)[C@@H](C)N(Cc1ccccc1Cl)C(=O)CSc1ccc(C)cc1. The second-order valence-corrected chi connectivity index (χ2v) is 8.66. The first-order valence-electron chi connectivity index (χ1n) is 9.84. The Morgan fingerprint density at radius 3 is 2.38 bits per heavy atom. The van der Waals surface area contributed by atoms with Gasteiger partial charge in [-0.25, -0.2) is 0 Å².